The summed E-state index contributed by atoms with van der Waals surface area (Å²) >= 11 is 0. The molecule has 2 aliphatic rings. The molecule has 4 rings (SSSR count). The van der Waals surface area contributed by atoms with Gasteiger partial charge >= 0.3 is 0 Å². The minimum absolute atomic E-state index is 0.217. The number of carbonyl (C=O) groups excluding carboxylic acids is 2. The standard InChI is InChI=1S/C24H23F2N5O3/c25-19-6-4-16(5-7-19)12-21(17-2-1-3-20(26)13-17)23(33)30-8-10-31(11-9-30)24-27-14-18(15-28-24)22(32)29-34/h1-7,12-14,34H,8-11,15H2,(H,27,28)(H,29,32)/b21-12+. The van der Waals surface area contributed by atoms with E-state index in [1.807, 2.05) is 4.90 Å². The van der Waals surface area contributed by atoms with E-state index in [1.165, 1.54) is 30.5 Å². The summed E-state index contributed by atoms with van der Waals surface area (Å²) in [5.41, 5.74) is 3.25. The molecule has 0 atom stereocenters. The van der Waals surface area contributed by atoms with E-state index in [9.17, 15) is 18.4 Å². The van der Waals surface area contributed by atoms with Crippen LogP contribution < -0.4 is 10.8 Å². The molecule has 0 radical (unpaired) electrons. The molecule has 8 nitrogen and oxygen atoms in total. The summed E-state index contributed by atoms with van der Waals surface area (Å²) in [6.07, 6.45) is 3.02. The number of aliphatic imine (C=N–C) groups is 1. The topological polar surface area (TPSA) is 97.3 Å². The van der Waals surface area contributed by atoms with Gasteiger partial charge in [0.05, 0.1) is 5.57 Å². The monoisotopic (exact) mass is 467 g/mol. The Morgan fingerprint density at radius 3 is 2.38 bits per heavy atom. The van der Waals surface area contributed by atoms with E-state index in [2.05, 4.69) is 10.3 Å². The Kier molecular flexibility index (Phi) is 6.98. The number of piperazine rings is 1. The predicted molar refractivity (Wildman–Crippen MR) is 122 cm³/mol. The molecular formula is C24H23F2N5O3. The molecule has 0 aromatic heterocycles. The average molecular weight is 467 g/mol. The molecule has 3 N–H and O–H groups in total. The van der Waals surface area contributed by atoms with E-state index in [1.54, 1.807) is 40.7 Å². The highest BCUT2D eigenvalue weighted by atomic mass is 19.1. The third-order valence-electron chi connectivity index (χ3n) is 5.59. The van der Waals surface area contributed by atoms with E-state index in [-0.39, 0.29) is 18.3 Å². The SMILES string of the molecule is O=C(NO)C1=CN=C(N2CCN(C(=O)/C(=C/c3ccc(F)cc3)c3cccc(F)c3)CC2)NC1. The molecule has 10 heteroatoms. The maximum absolute atomic E-state index is 13.9. The number of halogens is 2. The van der Waals surface area contributed by atoms with Crippen LogP contribution in [-0.2, 0) is 9.59 Å². The zero-order valence-electron chi connectivity index (χ0n) is 18.2. The smallest absolute Gasteiger partial charge is 0.273 e. The van der Waals surface area contributed by atoms with Crippen LogP contribution >= 0.6 is 0 Å². The van der Waals surface area contributed by atoms with Gasteiger partial charge in [0.1, 0.15) is 11.6 Å². The van der Waals surface area contributed by atoms with Gasteiger partial charge in [0.2, 0.25) is 0 Å². The number of guanidine groups is 1. The molecule has 0 saturated carbocycles. The van der Waals surface area contributed by atoms with Gasteiger partial charge in [-0.2, -0.15) is 0 Å². The lowest BCUT2D eigenvalue weighted by molar-refractivity contribution is -0.126. The van der Waals surface area contributed by atoms with Gasteiger partial charge in [0, 0.05) is 44.5 Å². The zero-order valence-corrected chi connectivity index (χ0v) is 18.2. The molecule has 2 aromatic rings. The summed E-state index contributed by atoms with van der Waals surface area (Å²) < 4.78 is 27.2. The van der Waals surface area contributed by atoms with E-state index < -0.39 is 11.7 Å². The second-order valence-electron chi connectivity index (χ2n) is 7.80. The molecule has 2 amide bonds. The Morgan fingerprint density at radius 1 is 1.03 bits per heavy atom. The summed E-state index contributed by atoms with van der Waals surface area (Å²) in [7, 11) is 0. The van der Waals surface area contributed by atoms with Crippen LogP contribution in [0, 0.1) is 11.6 Å². The number of carbonyl (C=O) groups is 2. The number of nitrogens with zero attached hydrogens (tertiary/aromatic N) is 3. The molecule has 2 aliphatic heterocycles. The van der Waals surface area contributed by atoms with Crippen LogP contribution in [0.4, 0.5) is 8.78 Å². The van der Waals surface area contributed by atoms with Crippen molar-refractivity contribution < 1.29 is 23.6 Å². The first-order valence-electron chi connectivity index (χ1n) is 10.7. The van der Waals surface area contributed by atoms with Gasteiger partial charge in [0.15, 0.2) is 5.96 Å². The minimum atomic E-state index is -0.622. The van der Waals surface area contributed by atoms with E-state index in [4.69, 9.17) is 5.21 Å². The first-order chi connectivity index (χ1) is 16.4. The normalized spacial score (nSPS) is 16.4. The molecule has 34 heavy (non-hydrogen) atoms. The summed E-state index contributed by atoms with van der Waals surface area (Å²) in [6, 6.07) is 11.6. The van der Waals surface area contributed by atoms with Crippen molar-refractivity contribution in [3.05, 3.63) is 83.1 Å². The first-order valence-corrected chi connectivity index (χ1v) is 10.7. The van der Waals surface area contributed by atoms with Gasteiger partial charge in [-0.15, -0.1) is 0 Å². The van der Waals surface area contributed by atoms with Crippen molar-refractivity contribution in [2.24, 2.45) is 4.99 Å². The fraction of sp³-hybridized carbons (Fsp3) is 0.208. The Bertz CT molecular complexity index is 1170. The minimum Gasteiger partial charge on any atom is -0.352 e. The fourth-order valence-electron chi connectivity index (χ4n) is 3.75. The number of benzene rings is 2. The summed E-state index contributed by atoms with van der Waals surface area (Å²) in [5.74, 6) is -1.14. The lowest BCUT2D eigenvalue weighted by atomic mass is 10.0. The van der Waals surface area contributed by atoms with E-state index >= 15 is 0 Å². The Labute approximate surface area is 194 Å². The quantitative estimate of drug-likeness (QED) is 0.277. The van der Waals surface area contributed by atoms with Crippen molar-refractivity contribution in [3.63, 3.8) is 0 Å². The van der Waals surface area contributed by atoms with Crippen molar-refractivity contribution in [1.82, 2.24) is 20.6 Å². The number of nitrogens with one attached hydrogen (secondary N) is 2. The van der Waals surface area contributed by atoms with Gasteiger partial charge in [-0.05, 0) is 41.5 Å². The number of rotatable bonds is 4. The molecule has 2 aromatic carbocycles. The fourth-order valence-corrected chi connectivity index (χ4v) is 3.75. The van der Waals surface area contributed by atoms with Crippen LogP contribution in [0.2, 0.25) is 0 Å². The van der Waals surface area contributed by atoms with E-state index in [0.29, 0.717) is 54.4 Å². The molecule has 2 heterocycles. The van der Waals surface area contributed by atoms with Crippen LogP contribution in [0.5, 0.6) is 0 Å². The average Bonchev–Trinajstić information content (AvgIpc) is 2.87. The Hall–Kier alpha value is -4.05. The molecular weight excluding hydrogens is 444 g/mol. The van der Waals surface area contributed by atoms with Crippen molar-refractivity contribution in [1.29, 1.82) is 0 Å². The van der Waals surface area contributed by atoms with Crippen LogP contribution in [0.3, 0.4) is 0 Å². The number of hydrogen-bond acceptors (Lipinski definition) is 6. The number of hydroxylamine groups is 1. The number of amides is 2. The van der Waals surface area contributed by atoms with Gasteiger partial charge in [-0.25, -0.2) is 19.3 Å². The third-order valence-corrected chi connectivity index (χ3v) is 5.59. The van der Waals surface area contributed by atoms with Gasteiger partial charge in [-0.3, -0.25) is 14.8 Å². The van der Waals surface area contributed by atoms with Crippen LogP contribution in [-0.4, -0.2) is 65.5 Å². The largest absolute Gasteiger partial charge is 0.352 e. The molecule has 0 aliphatic carbocycles. The van der Waals surface area contributed by atoms with Crippen molar-refractivity contribution in [2.45, 2.75) is 0 Å². The molecule has 0 unspecified atom stereocenters. The van der Waals surface area contributed by atoms with Crippen molar-refractivity contribution in [3.8, 4) is 0 Å². The molecule has 1 saturated heterocycles. The predicted octanol–water partition coefficient (Wildman–Crippen LogP) is 2.00. The van der Waals surface area contributed by atoms with Crippen molar-refractivity contribution in [2.75, 3.05) is 32.7 Å². The lowest BCUT2D eigenvalue weighted by Gasteiger charge is -2.37. The van der Waals surface area contributed by atoms with Gasteiger partial charge < -0.3 is 15.1 Å². The highest BCUT2D eigenvalue weighted by Crippen LogP contribution is 2.23. The van der Waals surface area contributed by atoms with Gasteiger partial charge in [-0.1, -0.05) is 24.3 Å². The maximum Gasteiger partial charge on any atom is 0.273 e. The zero-order chi connectivity index (χ0) is 24.1. The Morgan fingerprint density at radius 2 is 1.76 bits per heavy atom. The first kappa shape index (κ1) is 23.1. The number of hydrogen-bond donors (Lipinski definition) is 3. The van der Waals surface area contributed by atoms with Gasteiger partial charge in [0.25, 0.3) is 11.8 Å². The highest BCUT2D eigenvalue weighted by molar-refractivity contribution is 6.24. The van der Waals surface area contributed by atoms with Crippen LogP contribution in [0.1, 0.15) is 11.1 Å². The molecule has 1 fully saturated rings. The molecule has 0 bridgehead atoms. The molecule has 176 valence electrons. The third kappa shape index (κ3) is 5.29. The molecule has 0 spiro atoms. The Balaban J connectivity index is 1.50. The lowest BCUT2D eigenvalue weighted by Crippen LogP contribution is -2.54. The van der Waals surface area contributed by atoms with Crippen LogP contribution in [0.25, 0.3) is 11.6 Å². The second-order valence-corrected chi connectivity index (χ2v) is 7.80. The van der Waals surface area contributed by atoms with Crippen LogP contribution in [0.15, 0.2) is 65.3 Å². The maximum atomic E-state index is 13.9. The summed E-state index contributed by atoms with van der Waals surface area (Å²) in [4.78, 5) is 32.8. The van der Waals surface area contributed by atoms with E-state index in [0.717, 1.165) is 0 Å². The summed E-state index contributed by atoms with van der Waals surface area (Å²) in [6.45, 7) is 2.03. The highest BCUT2D eigenvalue weighted by Gasteiger charge is 2.27. The van der Waals surface area contributed by atoms with Crippen molar-refractivity contribution >= 4 is 29.4 Å². The summed E-state index contributed by atoms with van der Waals surface area (Å²) in [5, 5.41) is 11.8. The second kappa shape index (κ2) is 10.3.